The van der Waals surface area contributed by atoms with E-state index in [1.165, 1.54) is 0 Å². The van der Waals surface area contributed by atoms with Crippen LogP contribution in [0.25, 0.3) is 0 Å². The topological polar surface area (TPSA) is 26.0 Å². The van der Waals surface area contributed by atoms with Crippen LogP contribution >= 0.6 is 0 Å². The van der Waals surface area contributed by atoms with E-state index in [4.69, 9.17) is 5.73 Å². The molecule has 10 heavy (non-hydrogen) atoms. The van der Waals surface area contributed by atoms with Crippen molar-refractivity contribution in [3.63, 3.8) is 0 Å². The zero-order valence-electron chi connectivity index (χ0n) is 6.68. The Bertz CT molecular complexity index is 104. The van der Waals surface area contributed by atoms with Crippen LogP contribution in [0.5, 0.6) is 0 Å². The minimum Gasteiger partial charge on any atom is -0.325 e. The van der Waals surface area contributed by atoms with Crippen molar-refractivity contribution in [2.75, 3.05) is 0 Å². The summed E-state index contributed by atoms with van der Waals surface area (Å²) in [6.45, 7) is 4.13. The third kappa shape index (κ3) is 1.48. The number of hydrogen-bond acceptors (Lipinski definition) is 1. The highest BCUT2D eigenvalue weighted by atomic mass is 19.1. The molecule has 0 saturated heterocycles. The Hall–Kier alpha value is -0.110. The first-order valence-electron chi connectivity index (χ1n) is 4.01. The van der Waals surface area contributed by atoms with E-state index in [9.17, 15) is 4.39 Å². The number of alkyl halides is 1. The fraction of sp³-hybridized carbons (Fsp3) is 1.00. The van der Waals surface area contributed by atoms with E-state index in [0.29, 0.717) is 18.3 Å². The van der Waals surface area contributed by atoms with Crippen molar-refractivity contribution in [3.05, 3.63) is 0 Å². The van der Waals surface area contributed by atoms with Gasteiger partial charge in [-0.25, -0.2) is 4.39 Å². The standard InChI is InChI=1S/C8H16FN/c1-5-3-6(2)8(10)7(9)4-5/h5-8H,3-4,10H2,1-2H3. The molecular weight excluding hydrogens is 129 g/mol. The van der Waals surface area contributed by atoms with Crippen LogP contribution in [0.1, 0.15) is 26.7 Å². The van der Waals surface area contributed by atoms with Crippen molar-refractivity contribution < 1.29 is 4.39 Å². The van der Waals surface area contributed by atoms with Gasteiger partial charge in [0.1, 0.15) is 6.17 Å². The quantitative estimate of drug-likeness (QED) is 0.552. The van der Waals surface area contributed by atoms with Crippen LogP contribution in [0.15, 0.2) is 0 Å². The molecule has 0 aromatic heterocycles. The van der Waals surface area contributed by atoms with Gasteiger partial charge in [-0.2, -0.15) is 0 Å². The average molecular weight is 145 g/mol. The highest BCUT2D eigenvalue weighted by molar-refractivity contribution is 4.85. The monoisotopic (exact) mass is 145 g/mol. The summed E-state index contributed by atoms with van der Waals surface area (Å²) in [5.74, 6) is 0.878. The molecule has 1 aliphatic carbocycles. The Morgan fingerprint density at radius 3 is 2.40 bits per heavy atom. The molecular formula is C8H16FN. The van der Waals surface area contributed by atoms with Crippen molar-refractivity contribution in [3.8, 4) is 0 Å². The van der Waals surface area contributed by atoms with Crippen molar-refractivity contribution in [2.45, 2.75) is 38.9 Å². The van der Waals surface area contributed by atoms with Crippen molar-refractivity contribution in [1.82, 2.24) is 0 Å². The van der Waals surface area contributed by atoms with Crippen LogP contribution in [0.2, 0.25) is 0 Å². The molecule has 0 heterocycles. The van der Waals surface area contributed by atoms with Gasteiger partial charge in [-0.1, -0.05) is 13.8 Å². The molecule has 0 aromatic carbocycles. The summed E-state index contributed by atoms with van der Waals surface area (Å²) in [6.07, 6.45) is 0.978. The van der Waals surface area contributed by atoms with Gasteiger partial charge in [-0.3, -0.25) is 0 Å². The Morgan fingerprint density at radius 1 is 1.30 bits per heavy atom. The van der Waals surface area contributed by atoms with Gasteiger partial charge in [0, 0.05) is 6.04 Å². The molecule has 60 valence electrons. The first-order chi connectivity index (χ1) is 4.61. The number of halogens is 1. The molecule has 2 N–H and O–H groups in total. The Balaban J connectivity index is 2.49. The van der Waals surface area contributed by atoms with Crippen LogP contribution in [0.3, 0.4) is 0 Å². The largest absolute Gasteiger partial charge is 0.325 e. The van der Waals surface area contributed by atoms with E-state index in [2.05, 4.69) is 6.92 Å². The van der Waals surface area contributed by atoms with E-state index in [0.717, 1.165) is 6.42 Å². The SMILES string of the molecule is CC1CC(C)C(N)C(F)C1. The fourth-order valence-electron chi connectivity index (χ4n) is 1.79. The zero-order chi connectivity index (χ0) is 7.72. The fourth-order valence-corrected chi connectivity index (χ4v) is 1.79. The van der Waals surface area contributed by atoms with Gasteiger partial charge in [0.15, 0.2) is 0 Å². The Kier molecular flexibility index (Phi) is 2.29. The molecule has 1 rings (SSSR count). The second-order valence-electron chi connectivity index (χ2n) is 3.65. The van der Waals surface area contributed by atoms with E-state index < -0.39 is 6.17 Å². The summed E-state index contributed by atoms with van der Waals surface area (Å²) < 4.78 is 13.0. The highest BCUT2D eigenvalue weighted by Gasteiger charge is 2.30. The summed E-state index contributed by atoms with van der Waals surface area (Å²) in [6, 6.07) is -0.212. The summed E-state index contributed by atoms with van der Waals surface area (Å²) in [7, 11) is 0. The van der Waals surface area contributed by atoms with Gasteiger partial charge in [-0.15, -0.1) is 0 Å². The minimum absolute atomic E-state index is 0.212. The average Bonchev–Trinajstić information content (AvgIpc) is 1.82. The van der Waals surface area contributed by atoms with Crippen LogP contribution in [0, 0.1) is 11.8 Å². The Morgan fingerprint density at radius 2 is 1.90 bits per heavy atom. The van der Waals surface area contributed by atoms with E-state index >= 15 is 0 Å². The summed E-state index contributed by atoms with van der Waals surface area (Å²) >= 11 is 0. The normalized spacial score (nSPS) is 49.2. The first-order valence-corrected chi connectivity index (χ1v) is 4.01. The van der Waals surface area contributed by atoms with E-state index in [1.807, 2.05) is 6.92 Å². The lowest BCUT2D eigenvalue weighted by atomic mass is 9.79. The summed E-state index contributed by atoms with van der Waals surface area (Å²) in [5, 5.41) is 0. The molecule has 1 fully saturated rings. The van der Waals surface area contributed by atoms with Gasteiger partial charge in [0.05, 0.1) is 0 Å². The molecule has 4 atom stereocenters. The Labute approximate surface area is 61.8 Å². The predicted molar refractivity (Wildman–Crippen MR) is 40.4 cm³/mol. The molecule has 1 nitrogen and oxygen atoms in total. The predicted octanol–water partition coefficient (Wildman–Crippen LogP) is 1.72. The molecule has 0 amide bonds. The molecule has 1 saturated carbocycles. The smallest absolute Gasteiger partial charge is 0.116 e. The van der Waals surface area contributed by atoms with Crippen LogP contribution in [-0.4, -0.2) is 12.2 Å². The second kappa shape index (κ2) is 2.87. The minimum atomic E-state index is -0.765. The van der Waals surface area contributed by atoms with Gasteiger partial charge >= 0.3 is 0 Å². The number of nitrogens with two attached hydrogens (primary N) is 1. The van der Waals surface area contributed by atoms with E-state index in [-0.39, 0.29) is 6.04 Å². The molecule has 0 bridgehead atoms. The molecule has 2 heteroatoms. The molecule has 4 unspecified atom stereocenters. The highest BCUT2D eigenvalue weighted by Crippen LogP contribution is 2.29. The second-order valence-corrected chi connectivity index (χ2v) is 3.65. The number of hydrogen-bond donors (Lipinski definition) is 1. The van der Waals surface area contributed by atoms with Crippen molar-refractivity contribution in [1.29, 1.82) is 0 Å². The van der Waals surface area contributed by atoms with Gasteiger partial charge in [0.25, 0.3) is 0 Å². The maximum atomic E-state index is 13.0. The maximum Gasteiger partial charge on any atom is 0.116 e. The zero-order valence-corrected chi connectivity index (χ0v) is 6.68. The molecule has 0 aromatic rings. The van der Waals surface area contributed by atoms with Crippen LogP contribution in [-0.2, 0) is 0 Å². The van der Waals surface area contributed by atoms with Crippen LogP contribution in [0.4, 0.5) is 4.39 Å². The van der Waals surface area contributed by atoms with Crippen molar-refractivity contribution >= 4 is 0 Å². The molecule has 1 aliphatic rings. The third-order valence-corrected chi connectivity index (χ3v) is 2.48. The lowest BCUT2D eigenvalue weighted by Gasteiger charge is -2.32. The lowest BCUT2D eigenvalue weighted by molar-refractivity contribution is 0.135. The molecule has 0 aliphatic heterocycles. The third-order valence-electron chi connectivity index (χ3n) is 2.48. The first kappa shape index (κ1) is 7.99. The molecule has 0 radical (unpaired) electrons. The molecule has 0 spiro atoms. The number of rotatable bonds is 0. The van der Waals surface area contributed by atoms with Crippen LogP contribution < -0.4 is 5.73 Å². The van der Waals surface area contributed by atoms with Crippen molar-refractivity contribution in [2.24, 2.45) is 17.6 Å². The summed E-state index contributed by atoms with van der Waals surface area (Å²) in [4.78, 5) is 0. The van der Waals surface area contributed by atoms with Gasteiger partial charge in [0.2, 0.25) is 0 Å². The summed E-state index contributed by atoms with van der Waals surface area (Å²) in [5.41, 5.74) is 5.61. The van der Waals surface area contributed by atoms with Gasteiger partial charge in [-0.05, 0) is 24.7 Å². The lowest BCUT2D eigenvalue weighted by Crippen LogP contribution is -2.43. The van der Waals surface area contributed by atoms with Gasteiger partial charge < -0.3 is 5.73 Å². The maximum absolute atomic E-state index is 13.0. The van der Waals surface area contributed by atoms with E-state index in [1.54, 1.807) is 0 Å².